The molecule has 0 aliphatic heterocycles. The number of carbonyl (C=O) groups excluding carboxylic acids is 4. The summed E-state index contributed by atoms with van der Waals surface area (Å²) in [5.41, 5.74) is 0. The van der Waals surface area contributed by atoms with Crippen LogP contribution in [0, 0.1) is 0 Å². The molecule has 7 nitrogen and oxygen atoms in total. The summed E-state index contributed by atoms with van der Waals surface area (Å²) < 4.78 is 4.38. The van der Waals surface area contributed by atoms with E-state index in [1.165, 1.54) is 21.0 Å². The molecule has 0 fully saturated rings. The summed E-state index contributed by atoms with van der Waals surface area (Å²) in [5.74, 6) is -1.41. The quantitative estimate of drug-likeness (QED) is 0.644. The fourth-order valence-corrected chi connectivity index (χ4v) is 1.17. The number of carbonyl (C=O) groups is 4. The van der Waals surface area contributed by atoms with Gasteiger partial charge in [0.2, 0.25) is 5.91 Å². The first kappa shape index (κ1) is 20.6. The van der Waals surface area contributed by atoms with Crippen molar-refractivity contribution in [1.82, 2.24) is 10.6 Å². The number of Topliss-reactive ketones (excluding diaryl/α,β-unsaturated/α-hetero) is 2. The van der Waals surface area contributed by atoms with Crippen LogP contribution >= 0.6 is 0 Å². The predicted molar refractivity (Wildman–Crippen MR) is 76.3 cm³/mol. The van der Waals surface area contributed by atoms with Crippen molar-refractivity contribution in [1.29, 1.82) is 0 Å². The van der Waals surface area contributed by atoms with Gasteiger partial charge in [0, 0.05) is 14.3 Å². The molecular weight excluding hydrogens is 264 g/mol. The first-order chi connectivity index (χ1) is 9.28. The molecule has 0 aliphatic rings. The molecule has 0 aromatic heterocycles. The van der Waals surface area contributed by atoms with Gasteiger partial charge in [-0.2, -0.15) is 0 Å². The number of methoxy groups -OCH3 is 1. The van der Waals surface area contributed by atoms with Gasteiger partial charge in [0.25, 0.3) is 0 Å². The van der Waals surface area contributed by atoms with Crippen molar-refractivity contribution in [2.24, 2.45) is 0 Å². The van der Waals surface area contributed by atoms with E-state index in [4.69, 9.17) is 0 Å². The van der Waals surface area contributed by atoms with Gasteiger partial charge in [-0.05, 0) is 27.9 Å². The van der Waals surface area contributed by atoms with E-state index in [1.807, 2.05) is 14.1 Å². The smallest absolute Gasteiger partial charge is 0.306 e. The van der Waals surface area contributed by atoms with Crippen LogP contribution in [0.25, 0.3) is 0 Å². The molecule has 0 spiro atoms. The van der Waals surface area contributed by atoms with Gasteiger partial charge in [-0.15, -0.1) is 0 Å². The Morgan fingerprint density at radius 3 is 1.95 bits per heavy atom. The summed E-state index contributed by atoms with van der Waals surface area (Å²) in [5, 5.41) is 5.16. The van der Waals surface area contributed by atoms with Crippen molar-refractivity contribution in [2.75, 3.05) is 21.2 Å². The largest absolute Gasteiger partial charge is 0.469 e. The molecule has 0 rings (SSSR count). The van der Waals surface area contributed by atoms with E-state index in [0.717, 1.165) is 0 Å². The third-order valence-electron chi connectivity index (χ3n) is 2.10. The molecule has 20 heavy (non-hydrogen) atoms. The molecule has 0 aromatic rings. The van der Waals surface area contributed by atoms with Crippen LogP contribution < -0.4 is 10.6 Å². The zero-order valence-corrected chi connectivity index (χ0v) is 12.7. The Labute approximate surface area is 120 Å². The number of amides is 1. The van der Waals surface area contributed by atoms with Crippen LogP contribution in [0.3, 0.4) is 0 Å². The van der Waals surface area contributed by atoms with Gasteiger partial charge < -0.3 is 15.4 Å². The maximum atomic E-state index is 11.4. The molecule has 7 heteroatoms. The summed E-state index contributed by atoms with van der Waals surface area (Å²) >= 11 is 0. The number of rotatable bonds is 7. The SMILES string of the molecule is CNC.COC(=O)CCC(=O)NC(CC(C)=O)C(C)=O.[HH]. The Hall–Kier alpha value is -1.76. The van der Waals surface area contributed by atoms with E-state index in [9.17, 15) is 19.2 Å². The highest BCUT2D eigenvalue weighted by atomic mass is 16.5. The Bertz CT molecular complexity index is 347. The molecule has 1 atom stereocenters. The van der Waals surface area contributed by atoms with Crippen molar-refractivity contribution >= 4 is 23.4 Å². The van der Waals surface area contributed by atoms with Crippen LogP contribution in [0.15, 0.2) is 0 Å². The zero-order chi connectivity index (χ0) is 16.1. The molecule has 0 bridgehead atoms. The van der Waals surface area contributed by atoms with Crippen molar-refractivity contribution in [3.8, 4) is 0 Å². The molecule has 118 valence electrons. The normalized spacial score (nSPS) is 10.7. The number of ketones is 2. The lowest BCUT2D eigenvalue weighted by molar-refractivity contribution is -0.142. The molecule has 1 amide bonds. The second-order valence-corrected chi connectivity index (χ2v) is 4.21. The lowest BCUT2D eigenvalue weighted by Gasteiger charge is -2.13. The third-order valence-corrected chi connectivity index (χ3v) is 2.10. The van der Waals surface area contributed by atoms with Crippen LogP contribution in [-0.2, 0) is 23.9 Å². The first-order valence-electron chi connectivity index (χ1n) is 6.23. The van der Waals surface area contributed by atoms with Crippen molar-refractivity contribution < 1.29 is 25.3 Å². The Balaban J connectivity index is -0.000000740. The van der Waals surface area contributed by atoms with Gasteiger partial charge in [0.15, 0.2) is 5.78 Å². The highest BCUT2D eigenvalue weighted by molar-refractivity contribution is 5.92. The lowest BCUT2D eigenvalue weighted by Crippen LogP contribution is -2.41. The fraction of sp³-hybridized carbons (Fsp3) is 0.692. The highest BCUT2D eigenvalue weighted by Gasteiger charge is 2.19. The second-order valence-electron chi connectivity index (χ2n) is 4.21. The molecular formula is C13H26N2O5. The van der Waals surface area contributed by atoms with Crippen molar-refractivity contribution in [3.05, 3.63) is 0 Å². The van der Waals surface area contributed by atoms with Gasteiger partial charge in [-0.25, -0.2) is 0 Å². The minimum Gasteiger partial charge on any atom is -0.469 e. The highest BCUT2D eigenvalue weighted by Crippen LogP contribution is 1.98. The standard InChI is InChI=1S/C11H17NO5.C2H7N.H2/c1-7(13)6-9(8(2)14)12-10(15)4-5-11(16)17-3;1-3-2;/h9H,4-6H2,1-3H3,(H,12,15);3H,1-2H3;1H. The maximum Gasteiger partial charge on any atom is 0.306 e. The molecule has 2 N–H and O–H groups in total. The predicted octanol–water partition coefficient (Wildman–Crippen LogP) is 0.0741. The Kier molecular flexibility index (Phi) is 12.6. The Morgan fingerprint density at radius 2 is 1.60 bits per heavy atom. The summed E-state index contributed by atoms with van der Waals surface area (Å²) in [6.07, 6.45) is -0.138. The summed E-state index contributed by atoms with van der Waals surface area (Å²) in [7, 11) is 4.98. The second kappa shape index (κ2) is 12.3. The molecule has 0 aromatic carbocycles. The first-order valence-corrected chi connectivity index (χ1v) is 6.23. The summed E-state index contributed by atoms with van der Waals surface area (Å²) in [4.78, 5) is 44.2. The van der Waals surface area contributed by atoms with E-state index in [-0.39, 0.29) is 32.3 Å². The van der Waals surface area contributed by atoms with E-state index in [1.54, 1.807) is 0 Å². The molecule has 0 heterocycles. The molecule has 1 unspecified atom stereocenters. The van der Waals surface area contributed by atoms with Crippen LogP contribution in [0.1, 0.15) is 34.5 Å². The molecule has 0 aliphatic carbocycles. The Morgan fingerprint density at radius 1 is 1.10 bits per heavy atom. The maximum absolute atomic E-state index is 11.4. The van der Waals surface area contributed by atoms with Crippen LogP contribution in [0.2, 0.25) is 0 Å². The van der Waals surface area contributed by atoms with Crippen molar-refractivity contribution in [3.63, 3.8) is 0 Å². The van der Waals surface area contributed by atoms with Gasteiger partial charge >= 0.3 is 5.97 Å². The number of hydrogen-bond donors (Lipinski definition) is 2. The average molecular weight is 290 g/mol. The van der Waals surface area contributed by atoms with E-state index in [0.29, 0.717) is 0 Å². The topological polar surface area (TPSA) is 102 Å². The fourth-order valence-electron chi connectivity index (χ4n) is 1.17. The minimum absolute atomic E-state index is 0. The number of hydrogen-bond acceptors (Lipinski definition) is 6. The van der Waals surface area contributed by atoms with E-state index in [2.05, 4.69) is 15.4 Å². The minimum atomic E-state index is -0.808. The van der Waals surface area contributed by atoms with Crippen LogP contribution in [-0.4, -0.2) is 50.7 Å². The number of esters is 1. The average Bonchev–Trinajstić information content (AvgIpc) is 2.35. The third kappa shape index (κ3) is 12.7. The van der Waals surface area contributed by atoms with Gasteiger partial charge in [0.1, 0.15) is 5.78 Å². The van der Waals surface area contributed by atoms with Gasteiger partial charge in [-0.1, -0.05) is 0 Å². The monoisotopic (exact) mass is 290 g/mol. The summed E-state index contributed by atoms with van der Waals surface area (Å²) in [6, 6.07) is -0.808. The lowest BCUT2D eigenvalue weighted by atomic mass is 10.1. The van der Waals surface area contributed by atoms with Crippen LogP contribution in [0.4, 0.5) is 0 Å². The van der Waals surface area contributed by atoms with E-state index < -0.39 is 17.9 Å². The van der Waals surface area contributed by atoms with Crippen molar-refractivity contribution in [2.45, 2.75) is 39.2 Å². The zero-order valence-electron chi connectivity index (χ0n) is 12.7. The van der Waals surface area contributed by atoms with E-state index >= 15 is 0 Å². The number of ether oxygens (including phenoxy) is 1. The van der Waals surface area contributed by atoms with Crippen LogP contribution in [0.5, 0.6) is 0 Å². The van der Waals surface area contributed by atoms with Gasteiger partial charge in [-0.3, -0.25) is 19.2 Å². The molecule has 0 radical (unpaired) electrons. The van der Waals surface area contributed by atoms with Gasteiger partial charge in [0.05, 0.1) is 19.6 Å². The number of nitrogens with one attached hydrogen (secondary N) is 2. The molecule has 0 saturated heterocycles. The summed E-state index contributed by atoms with van der Waals surface area (Å²) in [6.45, 7) is 2.64. The molecule has 0 saturated carbocycles.